The van der Waals surface area contributed by atoms with Gasteiger partial charge in [-0.2, -0.15) is 0 Å². The molecule has 2 nitrogen and oxygen atoms in total. The molecule has 2 heteroatoms. The third-order valence-corrected chi connectivity index (χ3v) is 4.31. The lowest BCUT2D eigenvalue weighted by molar-refractivity contribution is 0.0495. The smallest absolute Gasteiger partial charge is 0.0224 e. The van der Waals surface area contributed by atoms with Crippen molar-refractivity contribution in [2.45, 2.75) is 52.1 Å². The molecule has 0 radical (unpaired) electrons. The molecule has 3 unspecified atom stereocenters. The summed E-state index contributed by atoms with van der Waals surface area (Å²) in [4.78, 5) is 5.43. The van der Waals surface area contributed by atoms with Gasteiger partial charge in [-0.3, -0.25) is 9.80 Å². The average molecular weight is 210 g/mol. The minimum Gasteiger partial charge on any atom is -0.298 e. The molecule has 0 aromatic heterocycles. The molecule has 2 rings (SSSR count). The van der Waals surface area contributed by atoms with E-state index < -0.39 is 0 Å². The predicted molar refractivity (Wildman–Crippen MR) is 65.1 cm³/mol. The van der Waals surface area contributed by atoms with E-state index >= 15 is 0 Å². The van der Waals surface area contributed by atoms with Crippen molar-refractivity contribution < 1.29 is 0 Å². The van der Waals surface area contributed by atoms with Crippen LogP contribution >= 0.6 is 0 Å². The number of fused-ring (bicyclic) bond motifs is 1. The van der Waals surface area contributed by atoms with E-state index in [0.29, 0.717) is 0 Å². The van der Waals surface area contributed by atoms with Crippen molar-refractivity contribution in [1.29, 1.82) is 0 Å². The molecule has 2 aliphatic heterocycles. The van der Waals surface area contributed by atoms with Crippen molar-refractivity contribution >= 4 is 0 Å². The molecule has 2 saturated heterocycles. The molecule has 0 N–H and O–H groups in total. The first-order valence-electron chi connectivity index (χ1n) is 6.68. The molecule has 0 saturated carbocycles. The van der Waals surface area contributed by atoms with Crippen LogP contribution in [0.4, 0.5) is 0 Å². The highest BCUT2D eigenvalue weighted by atomic mass is 15.3. The van der Waals surface area contributed by atoms with E-state index in [2.05, 4.69) is 30.6 Å². The Kier molecular flexibility index (Phi) is 3.68. The van der Waals surface area contributed by atoms with Crippen LogP contribution in [0.25, 0.3) is 0 Å². The van der Waals surface area contributed by atoms with Crippen molar-refractivity contribution in [3.05, 3.63) is 0 Å². The van der Waals surface area contributed by atoms with E-state index in [1.807, 2.05) is 0 Å². The van der Waals surface area contributed by atoms with E-state index in [1.54, 1.807) is 0 Å². The molecule has 0 bridgehead atoms. The predicted octanol–water partition coefficient (Wildman–Crippen LogP) is 2.20. The number of hydrogen-bond donors (Lipinski definition) is 0. The largest absolute Gasteiger partial charge is 0.298 e. The van der Waals surface area contributed by atoms with Crippen LogP contribution in [0.3, 0.4) is 0 Å². The highest BCUT2D eigenvalue weighted by molar-refractivity contribution is 4.90. The zero-order valence-corrected chi connectivity index (χ0v) is 10.6. The first-order chi connectivity index (χ1) is 7.20. The van der Waals surface area contributed by atoms with E-state index in [4.69, 9.17) is 0 Å². The van der Waals surface area contributed by atoms with Gasteiger partial charge in [-0.1, -0.05) is 20.3 Å². The molecular weight excluding hydrogens is 184 g/mol. The van der Waals surface area contributed by atoms with Crippen molar-refractivity contribution in [2.75, 3.05) is 26.2 Å². The van der Waals surface area contributed by atoms with Crippen LogP contribution in [-0.2, 0) is 0 Å². The Balaban J connectivity index is 1.89. The van der Waals surface area contributed by atoms with Crippen molar-refractivity contribution in [3.8, 4) is 0 Å². The van der Waals surface area contributed by atoms with Crippen LogP contribution in [0, 0.1) is 5.92 Å². The van der Waals surface area contributed by atoms with Crippen LogP contribution in [0.2, 0.25) is 0 Å². The van der Waals surface area contributed by atoms with Crippen LogP contribution in [0.1, 0.15) is 40.0 Å². The quantitative estimate of drug-likeness (QED) is 0.704. The third-order valence-electron chi connectivity index (χ3n) is 4.31. The topological polar surface area (TPSA) is 6.48 Å². The van der Waals surface area contributed by atoms with Crippen LogP contribution in [0.5, 0.6) is 0 Å². The summed E-state index contributed by atoms with van der Waals surface area (Å²) in [6.45, 7) is 12.4. The lowest BCUT2D eigenvalue weighted by atomic mass is 10.0. The fraction of sp³-hybridized carbons (Fsp3) is 1.00. The highest BCUT2D eigenvalue weighted by Crippen LogP contribution is 2.25. The summed E-state index contributed by atoms with van der Waals surface area (Å²) >= 11 is 0. The molecule has 3 atom stereocenters. The molecule has 0 amide bonds. The fourth-order valence-electron chi connectivity index (χ4n) is 3.03. The molecule has 15 heavy (non-hydrogen) atoms. The molecule has 2 heterocycles. The second-order valence-electron chi connectivity index (χ2n) is 5.61. The molecular formula is C13H26N2. The maximum Gasteiger partial charge on any atom is 0.0224 e. The molecule has 2 aliphatic rings. The van der Waals surface area contributed by atoms with Gasteiger partial charge in [-0.15, -0.1) is 0 Å². The van der Waals surface area contributed by atoms with Crippen LogP contribution in [0.15, 0.2) is 0 Å². The number of rotatable bonds is 3. The van der Waals surface area contributed by atoms with E-state index in [9.17, 15) is 0 Å². The summed E-state index contributed by atoms with van der Waals surface area (Å²) in [6.07, 6.45) is 4.18. The van der Waals surface area contributed by atoms with Crippen molar-refractivity contribution in [1.82, 2.24) is 9.80 Å². The number of hydrogen-bond acceptors (Lipinski definition) is 2. The summed E-state index contributed by atoms with van der Waals surface area (Å²) in [5.41, 5.74) is 0. The van der Waals surface area contributed by atoms with Gasteiger partial charge in [0.25, 0.3) is 0 Å². The van der Waals surface area contributed by atoms with Gasteiger partial charge in [0.15, 0.2) is 0 Å². The first-order valence-corrected chi connectivity index (χ1v) is 6.68. The Morgan fingerprint density at radius 3 is 2.87 bits per heavy atom. The maximum absolute atomic E-state index is 2.72. The van der Waals surface area contributed by atoms with Gasteiger partial charge in [0.2, 0.25) is 0 Å². The molecule has 2 fully saturated rings. The first kappa shape index (κ1) is 11.4. The number of nitrogens with zero attached hydrogens (tertiary/aromatic N) is 2. The Hall–Kier alpha value is -0.0800. The summed E-state index contributed by atoms with van der Waals surface area (Å²) < 4.78 is 0. The van der Waals surface area contributed by atoms with E-state index in [-0.39, 0.29) is 0 Å². The Bertz CT molecular complexity index is 205. The normalized spacial score (nSPS) is 35.4. The fourth-order valence-corrected chi connectivity index (χ4v) is 3.03. The van der Waals surface area contributed by atoms with Gasteiger partial charge >= 0.3 is 0 Å². The molecule has 0 aromatic rings. The lowest BCUT2D eigenvalue weighted by Crippen LogP contribution is -2.55. The Morgan fingerprint density at radius 1 is 1.33 bits per heavy atom. The van der Waals surface area contributed by atoms with Gasteiger partial charge in [0.05, 0.1) is 0 Å². The zero-order chi connectivity index (χ0) is 10.8. The average Bonchev–Trinajstić information content (AvgIpc) is 2.65. The van der Waals surface area contributed by atoms with Gasteiger partial charge in [0, 0.05) is 31.7 Å². The van der Waals surface area contributed by atoms with Gasteiger partial charge in [-0.05, 0) is 32.2 Å². The summed E-state index contributed by atoms with van der Waals surface area (Å²) in [5.74, 6) is 0.861. The zero-order valence-electron chi connectivity index (χ0n) is 10.6. The molecule has 88 valence electrons. The maximum atomic E-state index is 2.72. The minimum absolute atomic E-state index is 0.772. The Morgan fingerprint density at radius 2 is 2.13 bits per heavy atom. The summed E-state index contributed by atoms with van der Waals surface area (Å²) in [7, 11) is 0. The number of piperazine rings is 1. The van der Waals surface area contributed by atoms with Gasteiger partial charge in [-0.25, -0.2) is 0 Å². The monoisotopic (exact) mass is 210 g/mol. The van der Waals surface area contributed by atoms with Crippen molar-refractivity contribution in [2.24, 2.45) is 5.92 Å². The van der Waals surface area contributed by atoms with Gasteiger partial charge in [0.1, 0.15) is 0 Å². The van der Waals surface area contributed by atoms with E-state index in [1.165, 1.54) is 45.4 Å². The molecule has 0 aromatic carbocycles. The summed E-state index contributed by atoms with van der Waals surface area (Å²) in [6, 6.07) is 1.65. The molecule has 0 aliphatic carbocycles. The minimum atomic E-state index is 0.772. The standard InChI is InChI=1S/C13H26N2/c1-4-11(2)8-15-10-13-6-5-7-14(13)9-12(15)3/h11-13H,4-10H2,1-3H3. The van der Waals surface area contributed by atoms with Gasteiger partial charge < -0.3 is 0 Å². The van der Waals surface area contributed by atoms with Crippen LogP contribution < -0.4 is 0 Å². The molecule has 0 spiro atoms. The van der Waals surface area contributed by atoms with E-state index in [0.717, 1.165) is 18.0 Å². The van der Waals surface area contributed by atoms with Crippen molar-refractivity contribution in [3.63, 3.8) is 0 Å². The Labute approximate surface area is 94.6 Å². The summed E-state index contributed by atoms with van der Waals surface area (Å²) in [5, 5.41) is 0. The third kappa shape index (κ3) is 2.54. The lowest BCUT2D eigenvalue weighted by Gasteiger charge is -2.43. The highest BCUT2D eigenvalue weighted by Gasteiger charge is 2.34. The second-order valence-corrected chi connectivity index (χ2v) is 5.61. The SMILES string of the molecule is CCC(C)CN1CC2CCCN2CC1C. The second kappa shape index (κ2) is 4.84. The van der Waals surface area contributed by atoms with Crippen LogP contribution in [-0.4, -0.2) is 48.1 Å².